The first-order chi connectivity index (χ1) is 13.8. The van der Waals surface area contributed by atoms with Crippen LogP contribution in [0.4, 0.5) is 0 Å². The van der Waals surface area contributed by atoms with Crippen LogP contribution in [0.15, 0.2) is 73.1 Å². The van der Waals surface area contributed by atoms with Crippen LogP contribution in [0, 0.1) is 0 Å². The van der Waals surface area contributed by atoms with Crippen LogP contribution in [0.25, 0.3) is 0 Å². The summed E-state index contributed by atoms with van der Waals surface area (Å²) in [4.78, 5) is 14.9. The van der Waals surface area contributed by atoms with E-state index < -0.39 is 0 Å². The second-order valence-corrected chi connectivity index (χ2v) is 7.36. The lowest BCUT2D eigenvalue weighted by Crippen LogP contribution is -2.33. The van der Waals surface area contributed by atoms with E-state index in [1.165, 1.54) is 12.0 Å². The molecule has 1 atom stereocenters. The summed E-state index contributed by atoms with van der Waals surface area (Å²) < 4.78 is 1.85. The molecule has 28 heavy (non-hydrogen) atoms. The minimum absolute atomic E-state index is 0.0129. The lowest BCUT2D eigenvalue weighted by atomic mass is 9.99. The summed E-state index contributed by atoms with van der Waals surface area (Å²) in [6.07, 6.45) is 4.87. The molecule has 1 N–H and O–H groups in total. The fourth-order valence-corrected chi connectivity index (χ4v) is 3.85. The van der Waals surface area contributed by atoms with Gasteiger partial charge in [-0.2, -0.15) is 5.10 Å². The highest BCUT2D eigenvalue weighted by Crippen LogP contribution is 2.26. The Morgan fingerprint density at radius 1 is 1.11 bits per heavy atom. The lowest BCUT2D eigenvalue weighted by molar-refractivity contribution is 0.0949. The van der Waals surface area contributed by atoms with E-state index in [4.69, 9.17) is 0 Å². The Morgan fingerprint density at radius 2 is 2.00 bits per heavy atom. The molecule has 1 fully saturated rings. The second-order valence-electron chi connectivity index (χ2n) is 7.36. The van der Waals surface area contributed by atoms with Gasteiger partial charge in [-0.3, -0.25) is 9.48 Å². The molecule has 1 amide bonds. The molecule has 2 heterocycles. The average molecular weight is 374 g/mol. The molecule has 0 radical (unpaired) electrons. The van der Waals surface area contributed by atoms with E-state index in [0.717, 1.165) is 25.2 Å². The van der Waals surface area contributed by atoms with Crippen molar-refractivity contribution in [3.8, 4) is 0 Å². The highest BCUT2D eigenvalue weighted by Gasteiger charge is 2.23. The van der Waals surface area contributed by atoms with Crippen molar-refractivity contribution >= 4 is 5.91 Å². The van der Waals surface area contributed by atoms with Crippen LogP contribution in [-0.4, -0.2) is 46.8 Å². The number of rotatable bonds is 7. The van der Waals surface area contributed by atoms with Crippen LogP contribution in [-0.2, 0) is 6.54 Å². The Kier molecular flexibility index (Phi) is 5.83. The van der Waals surface area contributed by atoms with Crippen LogP contribution in [0.3, 0.4) is 0 Å². The van der Waals surface area contributed by atoms with E-state index in [0.29, 0.717) is 24.6 Å². The van der Waals surface area contributed by atoms with Gasteiger partial charge in [-0.05, 0) is 48.2 Å². The van der Waals surface area contributed by atoms with Gasteiger partial charge in [0.25, 0.3) is 5.91 Å². The minimum atomic E-state index is -0.0129. The van der Waals surface area contributed by atoms with E-state index in [2.05, 4.69) is 45.6 Å². The molecule has 0 spiro atoms. The van der Waals surface area contributed by atoms with Crippen molar-refractivity contribution in [2.24, 2.45) is 0 Å². The van der Waals surface area contributed by atoms with Crippen molar-refractivity contribution < 1.29 is 4.79 Å². The Hall–Kier alpha value is -2.92. The van der Waals surface area contributed by atoms with Crippen LogP contribution >= 0.6 is 0 Å². The highest BCUT2D eigenvalue weighted by atomic mass is 16.1. The Balaban J connectivity index is 1.25. The highest BCUT2D eigenvalue weighted by molar-refractivity contribution is 5.94. The van der Waals surface area contributed by atoms with Gasteiger partial charge in [0.05, 0.1) is 6.54 Å². The third-order valence-electron chi connectivity index (χ3n) is 5.35. The first kappa shape index (κ1) is 18.4. The van der Waals surface area contributed by atoms with Gasteiger partial charge in [0.2, 0.25) is 0 Å². The molecule has 1 aliphatic rings. The summed E-state index contributed by atoms with van der Waals surface area (Å²) in [6.45, 7) is 4.39. The lowest BCUT2D eigenvalue weighted by Gasteiger charge is -2.16. The number of amides is 1. The van der Waals surface area contributed by atoms with Crippen molar-refractivity contribution in [3.63, 3.8) is 0 Å². The SMILES string of the molecule is O=C(NCCN1CCC(c2ccccc2)C1)c1cccc(Cn2cccn2)c1. The van der Waals surface area contributed by atoms with E-state index in [-0.39, 0.29) is 5.91 Å². The van der Waals surface area contributed by atoms with Gasteiger partial charge < -0.3 is 10.2 Å². The number of carbonyl (C=O) groups excluding carboxylic acids is 1. The fraction of sp³-hybridized carbons (Fsp3) is 0.304. The molecule has 1 aromatic heterocycles. The quantitative estimate of drug-likeness (QED) is 0.691. The van der Waals surface area contributed by atoms with Crippen molar-refractivity contribution in [3.05, 3.63) is 89.7 Å². The van der Waals surface area contributed by atoms with Gasteiger partial charge in [-0.1, -0.05) is 42.5 Å². The molecule has 1 aliphatic heterocycles. The predicted molar refractivity (Wildman–Crippen MR) is 110 cm³/mol. The predicted octanol–water partition coefficient (Wildman–Crippen LogP) is 3.15. The van der Waals surface area contributed by atoms with E-state index in [1.54, 1.807) is 6.20 Å². The summed E-state index contributed by atoms with van der Waals surface area (Å²) in [6, 6.07) is 20.4. The maximum absolute atomic E-state index is 12.5. The first-order valence-electron chi connectivity index (χ1n) is 9.90. The molecule has 0 aliphatic carbocycles. The largest absolute Gasteiger partial charge is 0.351 e. The molecule has 5 heteroatoms. The molecule has 144 valence electrons. The third-order valence-corrected chi connectivity index (χ3v) is 5.35. The van der Waals surface area contributed by atoms with Crippen molar-refractivity contribution in [1.82, 2.24) is 20.0 Å². The number of aromatic nitrogens is 2. The van der Waals surface area contributed by atoms with Crippen molar-refractivity contribution in [2.75, 3.05) is 26.2 Å². The minimum Gasteiger partial charge on any atom is -0.351 e. The second kappa shape index (κ2) is 8.85. The van der Waals surface area contributed by atoms with Gasteiger partial charge in [0.15, 0.2) is 0 Å². The number of hydrogen-bond donors (Lipinski definition) is 1. The summed E-state index contributed by atoms with van der Waals surface area (Å²) in [5, 5.41) is 7.28. The van der Waals surface area contributed by atoms with Crippen molar-refractivity contribution in [2.45, 2.75) is 18.9 Å². The maximum atomic E-state index is 12.5. The number of likely N-dealkylation sites (tertiary alicyclic amines) is 1. The zero-order valence-electron chi connectivity index (χ0n) is 16.0. The van der Waals surface area contributed by atoms with Gasteiger partial charge >= 0.3 is 0 Å². The molecule has 5 nitrogen and oxygen atoms in total. The zero-order valence-corrected chi connectivity index (χ0v) is 16.0. The van der Waals surface area contributed by atoms with Crippen molar-refractivity contribution in [1.29, 1.82) is 0 Å². The van der Waals surface area contributed by atoms with Gasteiger partial charge in [-0.25, -0.2) is 0 Å². The monoisotopic (exact) mass is 374 g/mol. The van der Waals surface area contributed by atoms with Gasteiger partial charge in [0.1, 0.15) is 0 Å². The zero-order chi connectivity index (χ0) is 19.2. The molecule has 0 saturated carbocycles. The molecule has 4 rings (SSSR count). The van der Waals surface area contributed by atoms with Crippen LogP contribution in [0.1, 0.15) is 33.8 Å². The Labute approximate surface area is 166 Å². The molecule has 1 unspecified atom stereocenters. The fourth-order valence-electron chi connectivity index (χ4n) is 3.85. The van der Waals surface area contributed by atoms with Crippen LogP contribution in [0.5, 0.6) is 0 Å². The smallest absolute Gasteiger partial charge is 0.251 e. The standard InChI is InChI=1S/C23H26N4O/c28-23(21-9-4-6-19(16-21)17-27-13-5-11-25-27)24-12-15-26-14-10-22(18-26)20-7-2-1-3-8-20/h1-9,11,13,16,22H,10,12,14-15,17-18H2,(H,24,28). The number of nitrogens with one attached hydrogen (secondary N) is 1. The summed E-state index contributed by atoms with van der Waals surface area (Å²) >= 11 is 0. The Morgan fingerprint density at radius 3 is 2.82 bits per heavy atom. The van der Waals surface area contributed by atoms with E-state index in [1.807, 2.05) is 41.2 Å². The molecule has 3 aromatic rings. The molecule has 0 bridgehead atoms. The van der Waals surface area contributed by atoms with Gasteiger partial charge in [0, 0.05) is 37.6 Å². The van der Waals surface area contributed by atoms with Crippen LogP contribution in [0.2, 0.25) is 0 Å². The summed E-state index contributed by atoms with van der Waals surface area (Å²) in [7, 11) is 0. The number of carbonyl (C=O) groups is 1. The molecular weight excluding hydrogens is 348 g/mol. The number of nitrogens with zero attached hydrogens (tertiary/aromatic N) is 3. The normalized spacial score (nSPS) is 16.9. The van der Waals surface area contributed by atoms with E-state index >= 15 is 0 Å². The van der Waals surface area contributed by atoms with E-state index in [9.17, 15) is 4.79 Å². The Bertz CT molecular complexity index is 892. The summed E-state index contributed by atoms with van der Waals surface area (Å²) in [5.41, 5.74) is 3.19. The summed E-state index contributed by atoms with van der Waals surface area (Å²) in [5.74, 6) is 0.594. The molecule has 2 aromatic carbocycles. The maximum Gasteiger partial charge on any atom is 0.251 e. The average Bonchev–Trinajstić information content (AvgIpc) is 3.41. The van der Waals surface area contributed by atoms with Crippen LogP contribution < -0.4 is 5.32 Å². The number of hydrogen-bond acceptors (Lipinski definition) is 3. The van der Waals surface area contributed by atoms with Gasteiger partial charge in [-0.15, -0.1) is 0 Å². The topological polar surface area (TPSA) is 50.2 Å². The third kappa shape index (κ3) is 4.67. The molecule has 1 saturated heterocycles. The first-order valence-corrected chi connectivity index (χ1v) is 9.90. The number of benzene rings is 2. The molecular formula is C23H26N4O.